The molecule has 2 aliphatic rings. The molecule has 2 aliphatic heterocycles. The van der Waals surface area contributed by atoms with Gasteiger partial charge in [0.25, 0.3) is 0 Å². The summed E-state index contributed by atoms with van der Waals surface area (Å²) >= 11 is 0. The van der Waals surface area contributed by atoms with Crippen LogP contribution in [0.15, 0.2) is 12.1 Å². The summed E-state index contributed by atoms with van der Waals surface area (Å²) in [7, 11) is 1.66. The third kappa shape index (κ3) is 3.60. The molecule has 0 saturated carbocycles. The zero-order chi connectivity index (χ0) is 14.5. The minimum atomic E-state index is 0.574. The maximum atomic E-state index is 5.65. The molecule has 116 valence electrons. The van der Waals surface area contributed by atoms with Gasteiger partial charge in [-0.15, -0.1) is 0 Å². The van der Waals surface area contributed by atoms with E-state index in [0.717, 1.165) is 67.9 Å². The van der Waals surface area contributed by atoms with E-state index in [4.69, 9.17) is 18.9 Å². The molecule has 0 atom stereocenters. The van der Waals surface area contributed by atoms with E-state index >= 15 is 0 Å². The molecule has 0 spiro atoms. The molecular formula is C16H23NO4. The molecule has 0 unspecified atom stereocenters. The number of benzene rings is 1. The van der Waals surface area contributed by atoms with Gasteiger partial charge in [0.05, 0.1) is 7.11 Å². The molecule has 1 fully saturated rings. The normalized spacial score (nSPS) is 18.5. The topological polar surface area (TPSA) is 49.0 Å². The monoisotopic (exact) mass is 293 g/mol. The number of hydrogen-bond acceptors (Lipinski definition) is 5. The molecule has 0 amide bonds. The molecule has 5 nitrogen and oxygen atoms in total. The van der Waals surface area contributed by atoms with E-state index in [9.17, 15) is 0 Å². The predicted octanol–water partition coefficient (Wildman–Crippen LogP) is 1.98. The van der Waals surface area contributed by atoms with E-state index < -0.39 is 0 Å². The predicted molar refractivity (Wildman–Crippen MR) is 79.2 cm³/mol. The molecule has 3 rings (SSSR count). The summed E-state index contributed by atoms with van der Waals surface area (Å²) < 4.78 is 22.1. The van der Waals surface area contributed by atoms with Gasteiger partial charge in [0, 0.05) is 19.8 Å². The van der Waals surface area contributed by atoms with E-state index in [-0.39, 0.29) is 0 Å². The lowest BCUT2D eigenvalue weighted by Gasteiger charge is -2.23. The summed E-state index contributed by atoms with van der Waals surface area (Å²) in [6, 6.07) is 4.05. The molecule has 0 radical (unpaired) electrons. The second-order valence-corrected chi connectivity index (χ2v) is 5.51. The van der Waals surface area contributed by atoms with Crippen LogP contribution >= 0.6 is 0 Å². The molecule has 1 aromatic carbocycles. The van der Waals surface area contributed by atoms with Crippen LogP contribution in [0.5, 0.6) is 17.2 Å². The molecule has 1 aromatic rings. The van der Waals surface area contributed by atoms with Crippen LogP contribution in [0.3, 0.4) is 0 Å². The van der Waals surface area contributed by atoms with Gasteiger partial charge in [0.1, 0.15) is 13.2 Å². The number of hydrogen-bond donors (Lipinski definition) is 1. The van der Waals surface area contributed by atoms with Crippen LogP contribution < -0.4 is 19.5 Å². The number of rotatable bonds is 5. The first-order chi connectivity index (χ1) is 10.4. The molecule has 5 heteroatoms. The molecule has 21 heavy (non-hydrogen) atoms. The Hall–Kier alpha value is -1.46. The fourth-order valence-electron chi connectivity index (χ4n) is 2.80. The SMILES string of the molecule is COc1cc(CNCC2CCOCC2)cc2c1OCCO2. The Morgan fingerprint density at radius 1 is 1.14 bits per heavy atom. The third-order valence-electron chi connectivity index (χ3n) is 3.99. The maximum absolute atomic E-state index is 5.65. The summed E-state index contributed by atoms with van der Waals surface area (Å²) in [5.41, 5.74) is 1.16. The first kappa shape index (κ1) is 14.5. The molecule has 1 saturated heterocycles. The van der Waals surface area contributed by atoms with Gasteiger partial charge in [-0.05, 0) is 43.0 Å². The van der Waals surface area contributed by atoms with Crippen molar-refractivity contribution >= 4 is 0 Å². The smallest absolute Gasteiger partial charge is 0.203 e. The summed E-state index contributed by atoms with van der Waals surface area (Å²) in [6.45, 7) is 4.79. The van der Waals surface area contributed by atoms with Crippen molar-refractivity contribution in [3.05, 3.63) is 17.7 Å². The Balaban J connectivity index is 1.59. The lowest BCUT2D eigenvalue weighted by atomic mass is 10.0. The molecule has 0 aliphatic carbocycles. The Bertz CT molecular complexity index is 454. The van der Waals surface area contributed by atoms with Gasteiger partial charge < -0.3 is 24.3 Å². The zero-order valence-electron chi connectivity index (χ0n) is 12.5. The van der Waals surface area contributed by atoms with Crippen LogP contribution in [0.2, 0.25) is 0 Å². The average molecular weight is 293 g/mol. The fraction of sp³-hybridized carbons (Fsp3) is 0.625. The molecule has 0 aromatic heterocycles. The van der Waals surface area contributed by atoms with Crippen molar-refractivity contribution in [2.75, 3.05) is 40.1 Å². The van der Waals surface area contributed by atoms with Crippen LogP contribution in [0.4, 0.5) is 0 Å². The summed E-state index contributed by atoms with van der Waals surface area (Å²) in [4.78, 5) is 0. The summed E-state index contributed by atoms with van der Waals surface area (Å²) in [5, 5.41) is 3.52. The van der Waals surface area contributed by atoms with E-state index in [0.29, 0.717) is 13.2 Å². The van der Waals surface area contributed by atoms with Gasteiger partial charge in [-0.2, -0.15) is 0 Å². The standard InChI is InChI=1S/C16H23NO4/c1-18-14-8-13(9-15-16(14)21-7-6-20-15)11-17-10-12-2-4-19-5-3-12/h8-9,12,17H,2-7,10-11H2,1H3. The van der Waals surface area contributed by atoms with Crippen LogP contribution in [-0.4, -0.2) is 40.1 Å². The number of fused-ring (bicyclic) bond motifs is 1. The lowest BCUT2D eigenvalue weighted by molar-refractivity contribution is 0.0662. The highest BCUT2D eigenvalue weighted by atomic mass is 16.6. The minimum absolute atomic E-state index is 0.574. The average Bonchev–Trinajstić information content (AvgIpc) is 2.55. The van der Waals surface area contributed by atoms with E-state index in [1.165, 1.54) is 0 Å². The van der Waals surface area contributed by atoms with Crippen molar-refractivity contribution in [3.8, 4) is 17.2 Å². The molecule has 2 heterocycles. The van der Waals surface area contributed by atoms with E-state index in [2.05, 4.69) is 5.32 Å². The number of methoxy groups -OCH3 is 1. The zero-order valence-corrected chi connectivity index (χ0v) is 12.5. The second-order valence-electron chi connectivity index (χ2n) is 5.51. The van der Waals surface area contributed by atoms with Crippen molar-refractivity contribution in [1.82, 2.24) is 5.32 Å². The Kier molecular flexibility index (Phi) is 4.83. The molecule has 0 bridgehead atoms. The maximum Gasteiger partial charge on any atom is 0.203 e. The van der Waals surface area contributed by atoms with Crippen LogP contribution in [-0.2, 0) is 11.3 Å². The van der Waals surface area contributed by atoms with Gasteiger partial charge in [0.2, 0.25) is 5.75 Å². The number of ether oxygens (including phenoxy) is 4. The highest BCUT2D eigenvalue weighted by molar-refractivity contribution is 5.54. The highest BCUT2D eigenvalue weighted by Gasteiger charge is 2.18. The fourth-order valence-corrected chi connectivity index (χ4v) is 2.80. The Labute approximate surface area is 125 Å². The highest BCUT2D eigenvalue weighted by Crippen LogP contribution is 2.40. The van der Waals surface area contributed by atoms with E-state index in [1.54, 1.807) is 7.11 Å². The first-order valence-corrected chi connectivity index (χ1v) is 7.62. The Morgan fingerprint density at radius 3 is 2.76 bits per heavy atom. The van der Waals surface area contributed by atoms with E-state index in [1.807, 2.05) is 12.1 Å². The van der Waals surface area contributed by atoms with Crippen molar-refractivity contribution in [1.29, 1.82) is 0 Å². The van der Waals surface area contributed by atoms with Gasteiger partial charge >= 0.3 is 0 Å². The largest absolute Gasteiger partial charge is 0.493 e. The molecular weight excluding hydrogens is 270 g/mol. The van der Waals surface area contributed by atoms with Gasteiger partial charge in [-0.3, -0.25) is 0 Å². The minimum Gasteiger partial charge on any atom is -0.493 e. The van der Waals surface area contributed by atoms with Crippen molar-refractivity contribution in [2.45, 2.75) is 19.4 Å². The Morgan fingerprint density at radius 2 is 1.95 bits per heavy atom. The van der Waals surface area contributed by atoms with Gasteiger partial charge in [-0.1, -0.05) is 0 Å². The van der Waals surface area contributed by atoms with Crippen LogP contribution in [0.25, 0.3) is 0 Å². The first-order valence-electron chi connectivity index (χ1n) is 7.62. The van der Waals surface area contributed by atoms with Crippen LogP contribution in [0, 0.1) is 5.92 Å². The second kappa shape index (κ2) is 7.00. The quantitative estimate of drug-likeness (QED) is 0.899. The van der Waals surface area contributed by atoms with Gasteiger partial charge in [-0.25, -0.2) is 0 Å². The summed E-state index contributed by atoms with van der Waals surface area (Å²) in [5.74, 6) is 2.97. The molecule has 1 N–H and O–H groups in total. The van der Waals surface area contributed by atoms with Crippen molar-refractivity contribution in [2.24, 2.45) is 5.92 Å². The third-order valence-corrected chi connectivity index (χ3v) is 3.99. The summed E-state index contributed by atoms with van der Waals surface area (Å²) in [6.07, 6.45) is 2.30. The van der Waals surface area contributed by atoms with Crippen LogP contribution in [0.1, 0.15) is 18.4 Å². The lowest BCUT2D eigenvalue weighted by Crippen LogP contribution is -2.27. The van der Waals surface area contributed by atoms with Crippen molar-refractivity contribution in [3.63, 3.8) is 0 Å². The van der Waals surface area contributed by atoms with Crippen molar-refractivity contribution < 1.29 is 18.9 Å². The number of nitrogens with one attached hydrogen (secondary N) is 1. The van der Waals surface area contributed by atoms with Gasteiger partial charge in [0.15, 0.2) is 11.5 Å².